The molecule has 2 aliphatic carbocycles. The summed E-state index contributed by atoms with van der Waals surface area (Å²) < 4.78 is 0. The molecule has 2 aliphatic heterocycles. The molecule has 2 atom stereocenters. The number of hydrogen-bond donors (Lipinski definition) is 1. The second-order valence-electron chi connectivity index (χ2n) is 9.75. The normalized spacial score (nSPS) is 33.7. The lowest BCUT2D eigenvalue weighted by Gasteiger charge is -2.33. The van der Waals surface area contributed by atoms with Crippen LogP contribution in [0.25, 0.3) is 0 Å². The van der Waals surface area contributed by atoms with Crippen LogP contribution in [0.2, 0.25) is 0 Å². The maximum Gasteiger partial charge on any atom is 0.140 e. The van der Waals surface area contributed by atoms with Gasteiger partial charge in [-0.25, -0.2) is 4.99 Å². The van der Waals surface area contributed by atoms with Gasteiger partial charge in [-0.2, -0.15) is 0 Å². The van der Waals surface area contributed by atoms with Gasteiger partial charge in [0.05, 0.1) is 0 Å². The van der Waals surface area contributed by atoms with E-state index in [1.54, 1.807) is 5.57 Å². The van der Waals surface area contributed by atoms with Crippen molar-refractivity contribution in [1.29, 1.82) is 0 Å². The molecule has 3 nitrogen and oxygen atoms in total. The van der Waals surface area contributed by atoms with Crippen molar-refractivity contribution in [1.82, 2.24) is 10.2 Å². The van der Waals surface area contributed by atoms with Gasteiger partial charge in [0.25, 0.3) is 0 Å². The highest BCUT2D eigenvalue weighted by Crippen LogP contribution is 2.41. The SMILES string of the molecule is C=CN1C(C)=CC(C)=N/C1=C(/C)C(=C)C1CCC(C2CCC(C3=CCCC3)CC2)N1. The summed E-state index contributed by atoms with van der Waals surface area (Å²) in [6, 6.07) is 1.02. The monoisotopic (exact) mass is 405 g/mol. The molecule has 0 bridgehead atoms. The Labute approximate surface area is 183 Å². The molecule has 0 spiro atoms. The first-order chi connectivity index (χ1) is 14.5. The lowest BCUT2D eigenvalue weighted by atomic mass is 9.75. The van der Waals surface area contributed by atoms with Crippen molar-refractivity contribution < 1.29 is 0 Å². The Bertz CT molecular complexity index is 817. The van der Waals surface area contributed by atoms with Crippen LogP contribution in [0.5, 0.6) is 0 Å². The Kier molecular flexibility index (Phi) is 6.48. The fourth-order valence-corrected chi connectivity index (χ4v) is 6.07. The summed E-state index contributed by atoms with van der Waals surface area (Å²) in [6.07, 6.45) is 18.6. The summed E-state index contributed by atoms with van der Waals surface area (Å²) in [7, 11) is 0. The van der Waals surface area contributed by atoms with E-state index in [2.05, 4.69) is 56.3 Å². The van der Waals surface area contributed by atoms with Gasteiger partial charge in [0.1, 0.15) is 5.82 Å². The van der Waals surface area contributed by atoms with E-state index in [0.29, 0.717) is 12.1 Å². The van der Waals surface area contributed by atoms with Crippen LogP contribution in [0.4, 0.5) is 0 Å². The first-order valence-electron chi connectivity index (χ1n) is 12.0. The van der Waals surface area contributed by atoms with Gasteiger partial charge in [0.2, 0.25) is 0 Å². The molecule has 4 rings (SSSR count). The van der Waals surface area contributed by atoms with Gasteiger partial charge in [0, 0.05) is 29.7 Å². The van der Waals surface area contributed by atoms with Gasteiger partial charge in [-0.15, -0.1) is 0 Å². The largest absolute Gasteiger partial charge is 0.307 e. The van der Waals surface area contributed by atoms with Crippen molar-refractivity contribution >= 4 is 5.71 Å². The van der Waals surface area contributed by atoms with Gasteiger partial charge < -0.3 is 10.2 Å². The Morgan fingerprint density at radius 3 is 2.60 bits per heavy atom. The Morgan fingerprint density at radius 2 is 1.93 bits per heavy atom. The van der Waals surface area contributed by atoms with Gasteiger partial charge in [-0.05, 0) is 108 Å². The van der Waals surface area contributed by atoms with E-state index in [9.17, 15) is 0 Å². The summed E-state index contributed by atoms with van der Waals surface area (Å²) in [5.74, 6) is 2.69. The number of rotatable bonds is 5. The minimum Gasteiger partial charge on any atom is -0.307 e. The molecule has 0 aromatic rings. The average Bonchev–Trinajstić information content (AvgIpc) is 3.44. The molecule has 4 aliphatic rings. The van der Waals surface area contributed by atoms with E-state index in [4.69, 9.17) is 4.99 Å². The average molecular weight is 406 g/mol. The van der Waals surface area contributed by atoms with Crippen LogP contribution in [0.3, 0.4) is 0 Å². The maximum absolute atomic E-state index is 4.81. The van der Waals surface area contributed by atoms with Gasteiger partial charge in [0.15, 0.2) is 0 Å². The lowest BCUT2D eigenvalue weighted by molar-refractivity contribution is 0.246. The second kappa shape index (κ2) is 9.09. The van der Waals surface area contributed by atoms with E-state index < -0.39 is 0 Å². The van der Waals surface area contributed by atoms with Crippen molar-refractivity contribution in [2.75, 3.05) is 0 Å². The zero-order valence-corrected chi connectivity index (χ0v) is 19.2. The van der Waals surface area contributed by atoms with Crippen LogP contribution < -0.4 is 5.32 Å². The molecule has 2 heterocycles. The summed E-state index contributed by atoms with van der Waals surface area (Å²) in [6.45, 7) is 14.8. The van der Waals surface area contributed by atoms with Crippen molar-refractivity contribution in [2.45, 2.75) is 90.6 Å². The van der Waals surface area contributed by atoms with E-state index >= 15 is 0 Å². The summed E-state index contributed by atoms with van der Waals surface area (Å²) in [5, 5.41) is 3.96. The quantitative estimate of drug-likeness (QED) is 0.519. The lowest BCUT2D eigenvalue weighted by Crippen LogP contribution is -2.38. The molecule has 2 unspecified atom stereocenters. The minimum absolute atomic E-state index is 0.367. The van der Waals surface area contributed by atoms with Crippen LogP contribution in [0.15, 0.2) is 64.7 Å². The third kappa shape index (κ3) is 4.27. The van der Waals surface area contributed by atoms with E-state index in [1.165, 1.54) is 68.9 Å². The highest BCUT2D eigenvalue weighted by molar-refractivity contribution is 5.95. The fraction of sp³-hybridized carbons (Fsp3) is 0.593. The first kappa shape index (κ1) is 21.4. The van der Waals surface area contributed by atoms with Crippen molar-refractivity contribution in [2.24, 2.45) is 16.8 Å². The van der Waals surface area contributed by atoms with Crippen LogP contribution >= 0.6 is 0 Å². The molecule has 0 radical (unpaired) electrons. The summed E-state index contributed by atoms with van der Waals surface area (Å²) in [4.78, 5) is 6.90. The molecule has 0 aromatic heterocycles. The van der Waals surface area contributed by atoms with Gasteiger partial charge in [-0.1, -0.05) is 24.8 Å². The summed E-state index contributed by atoms with van der Waals surface area (Å²) >= 11 is 0. The molecule has 30 heavy (non-hydrogen) atoms. The zero-order valence-electron chi connectivity index (χ0n) is 19.2. The Balaban J connectivity index is 1.38. The summed E-state index contributed by atoms with van der Waals surface area (Å²) in [5.41, 5.74) is 6.35. The molecule has 1 saturated heterocycles. The predicted octanol–water partition coefficient (Wildman–Crippen LogP) is 6.64. The van der Waals surface area contributed by atoms with E-state index in [0.717, 1.165) is 29.1 Å². The topological polar surface area (TPSA) is 27.6 Å². The Morgan fingerprint density at radius 1 is 1.17 bits per heavy atom. The van der Waals surface area contributed by atoms with Gasteiger partial charge in [-0.3, -0.25) is 0 Å². The molecule has 0 amide bonds. The minimum atomic E-state index is 0.367. The number of nitrogens with one attached hydrogen (secondary N) is 1. The van der Waals surface area contributed by atoms with E-state index in [-0.39, 0.29) is 0 Å². The standard InChI is InChI=1S/C27H39N3/c1-6-30-19(3)17-18(2)28-27(30)21(5)20(4)25-15-16-26(29-25)24-13-11-23(12-14-24)22-9-7-8-10-22/h6,9,17,23-26,29H,1,4,7-8,10-16H2,2-3,5H3/b27-21+. The molecular weight excluding hydrogens is 366 g/mol. The van der Waals surface area contributed by atoms with Crippen LogP contribution in [0, 0.1) is 11.8 Å². The molecule has 1 N–H and O–H groups in total. The van der Waals surface area contributed by atoms with Crippen LogP contribution in [0.1, 0.15) is 78.6 Å². The fourth-order valence-electron chi connectivity index (χ4n) is 6.07. The number of nitrogens with zero attached hydrogens (tertiary/aromatic N) is 2. The molecule has 162 valence electrons. The molecular formula is C27H39N3. The predicted molar refractivity (Wildman–Crippen MR) is 128 cm³/mol. The molecule has 3 heteroatoms. The van der Waals surface area contributed by atoms with Gasteiger partial charge >= 0.3 is 0 Å². The number of hydrogen-bond acceptors (Lipinski definition) is 3. The number of aliphatic imine (C=N–C) groups is 1. The van der Waals surface area contributed by atoms with Crippen molar-refractivity contribution in [3.8, 4) is 0 Å². The third-order valence-electron chi connectivity index (χ3n) is 7.85. The Hall–Kier alpha value is -1.87. The zero-order chi connectivity index (χ0) is 21.3. The van der Waals surface area contributed by atoms with Crippen LogP contribution in [-0.2, 0) is 0 Å². The molecule has 0 aromatic carbocycles. The maximum atomic E-state index is 4.81. The smallest absolute Gasteiger partial charge is 0.140 e. The molecule has 1 saturated carbocycles. The van der Waals surface area contributed by atoms with Crippen molar-refractivity contribution in [3.05, 3.63) is 59.7 Å². The third-order valence-corrected chi connectivity index (χ3v) is 7.85. The van der Waals surface area contributed by atoms with Crippen molar-refractivity contribution in [3.63, 3.8) is 0 Å². The highest BCUT2D eigenvalue weighted by Gasteiger charge is 2.35. The first-order valence-corrected chi connectivity index (χ1v) is 12.0. The van der Waals surface area contributed by atoms with Crippen LogP contribution in [-0.4, -0.2) is 22.7 Å². The number of allylic oxidation sites excluding steroid dienone is 4. The molecule has 2 fully saturated rings. The highest BCUT2D eigenvalue weighted by atomic mass is 15.2. The van der Waals surface area contributed by atoms with E-state index in [1.807, 2.05) is 6.20 Å². The second-order valence-corrected chi connectivity index (χ2v) is 9.75.